The highest BCUT2D eigenvalue weighted by atomic mass is 16.5. The number of rotatable bonds is 8. The first-order chi connectivity index (χ1) is 19.3. The molecular formula is C31H36N4O5. The molecule has 1 aliphatic heterocycles. The standard InChI is InChI=1S/C31H36N4O5/c1-21-18-35(22(2)20-36)30(37)27-15-24(14-13-23-9-6-5-7-10-23)17-32-29(27)40-28(21)19-34(3)31(38)33-25-11-8-12-26(16-25)39-4/h5-17,21-22,28,36H,18-20H2,1-4H3,(H,33,38)/t21-,22-,28-/m1/s1. The molecule has 4 rings (SSSR count). The molecule has 1 aromatic heterocycles. The first-order valence-electron chi connectivity index (χ1n) is 13.3. The second-order valence-electron chi connectivity index (χ2n) is 10.0. The maximum Gasteiger partial charge on any atom is 0.321 e. The second-order valence-corrected chi connectivity index (χ2v) is 10.0. The van der Waals surface area contributed by atoms with Gasteiger partial charge in [-0.05, 0) is 36.2 Å². The van der Waals surface area contributed by atoms with Gasteiger partial charge in [0.25, 0.3) is 5.91 Å². The van der Waals surface area contributed by atoms with E-state index in [1.54, 1.807) is 60.5 Å². The number of aliphatic hydroxyl groups is 1. The summed E-state index contributed by atoms with van der Waals surface area (Å²) in [4.78, 5) is 34.3. The summed E-state index contributed by atoms with van der Waals surface area (Å²) in [6.45, 7) is 4.19. The van der Waals surface area contributed by atoms with Crippen molar-refractivity contribution in [2.45, 2.75) is 26.0 Å². The van der Waals surface area contributed by atoms with Crippen LogP contribution in [0.25, 0.3) is 12.2 Å². The van der Waals surface area contributed by atoms with E-state index in [-0.39, 0.29) is 36.9 Å². The van der Waals surface area contributed by atoms with Gasteiger partial charge in [0, 0.05) is 37.5 Å². The van der Waals surface area contributed by atoms with E-state index in [2.05, 4.69) is 10.3 Å². The first-order valence-corrected chi connectivity index (χ1v) is 13.3. The smallest absolute Gasteiger partial charge is 0.321 e. The van der Waals surface area contributed by atoms with Crippen LogP contribution in [0, 0.1) is 5.92 Å². The molecule has 0 saturated heterocycles. The Hall–Kier alpha value is -4.37. The number of urea groups is 1. The van der Waals surface area contributed by atoms with Crippen LogP contribution in [0.5, 0.6) is 11.6 Å². The van der Waals surface area contributed by atoms with Crippen molar-refractivity contribution in [1.29, 1.82) is 0 Å². The number of hydrogen-bond donors (Lipinski definition) is 2. The van der Waals surface area contributed by atoms with Crippen LogP contribution in [0.2, 0.25) is 0 Å². The predicted octanol–water partition coefficient (Wildman–Crippen LogP) is 4.64. The number of aliphatic hydroxyl groups excluding tert-OH is 1. The van der Waals surface area contributed by atoms with E-state index in [0.29, 0.717) is 23.5 Å². The summed E-state index contributed by atoms with van der Waals surface area (Å²) in [6, 6.07) is 18.0. The first kappa shape index (κ1) is 28.6. The van der Waals surface area contributed by atoms with Gasteiger partial charge in [0.2, 0.25) is 5.88 Å². The molecule has 2 aromatic carbocycles. The number of carbonyl (C=O) groups is 2. The third-order valence-corrected chi connectivity index (χ3v) is 6.93. The second kappa shape index (κ2) is 13.1. The molecule has 0 fully saturated rings. The molecule has 3 aromatic rings. The Kier molecular flexibility index (Phi) is 9.39. The molecule has 3 atom stereocenters. The topological polar surface area (TPSA) is 104 Å². The van der Waals surface area contributed by atoms with Crippen LogP contribution in [0.4, 0.5) is 10.5 Å². The Morgan fingerprint density at radius 1 is 1.20 bits per heavy atom. The fourth-order valence-corrected chi connectivity index (χ4v) is 4.46. The molecular weight excluding hydrogens is 508 g/mol. The number of nitrogens with one attached hydrogen (secondary N) is 1. The monoisotopic (exact) mass is 544 g/mol. The normalized spacial score (nSPS) is 17.8. The van der Waals surface area contributed by atoms with Gasteiger partial charge in [0.1, 0.15) is 17.4 Å². The largest absolute Gasteiger partial charge is 0.497 e. The molecule has 1 aliphatic rings. The number of carbonyl (C=O) groups excluding carboxylic acids is 2. The molecule has 0 saturated carbocycles. The van der Waals surface area contributed by atoms with Crippen LogP contribution < -0.4 is 14.8 Å². The van der Waals surface area contributed by atoms with Crippen molar-refractivity contribution in [1.82, 2.24) is 14.8 Å². The lowest BCUT2D eigenvalue weighted by molar-refractivity contribution is 0.0356. The van der Waals surface area contributed by atoms with E-state index in [1.807, 2.05) is 56.3 Å². The van der Waals surface area contributed by atoms with Crippen molar-refractivity contribution < 1.29 is 24.2 Å². The Morgan fingerprint density at radius 2 is 1.95 bits per heavy atom. The third kappa shape index (κ3) is 6.98. The Morgan fingerprint density at radius 3 is 2.67 bits per heavy atom. The van der Waals surface area contributed by atoms with E-state index in [1.165, 1.54) is 0 Å². The van der Waals surface area contributed by atoms with E-state index >= 15 is 0 Å². The highest BCUT2D eigenvalue weighted by Crippen LogP contribution is 2.28. The minimum atomic E-state index is -0.459. The average molecular weight is 545 g/mol. The molecule has 0 radical (unpaired) electrons. The molecule has 0 spiro atoms. The van der Waals surface area contributed by atoms with Gasteiger partial charge in [0.15, 0.2) is 0 Å². The minimum Gasteiger partial charge on any atom is -0.497 e. The summed E-state index contributed by atoms with van der Waals surface area (Å²) >= 11 is 0. The van der Waals surface area contributed by atoms with Crippen LogP contribution in [0.15, 0.2) is 66.9 Å². The summed E-state index contributed by atoms with van der Waals surface area (Å²) in [6.07, 6.45) is 5.05. The SMILES string of the molecule is COc1cccc(NC(=O)N(C)C[C@H]2Oc3ncc(C=Cc4ccccc4)cc3C(=O)N([C@H](C)CO)C[C@H]2C)c1. The summed E-state index contributed by atoms with van der Waals surface area (Å²) < 4.78 is 11.6. The molecule has 9 nitrogen and oxygen atoms in total. The molecule has 0 unspecified atom stereocenters. The number of anilines is 1. The number of nitrogens with zero attached hydrogens (tertiary/aromatic N) is 3. The average Bonchev–Trinajstić information content (AvgIpc) is 2.98. The van der Waals surface area contributed by atoms with Gasteiger partial charge in [-0.3, -0.25) is 4.79 Å². The molecule has 0 bridgehead atoms. The maximum atomic E-state index is 13.6. The van der Waals surface area contributed by atoms with E-state index < -0.39 is 12.1 Å². The molecule has 9 heteroatoms. The number of hydrogen-bond acceptors (Lipinski definition) is 6. The quantitative estimate of drug-likeness (QED) is 0.428. The number of likely N-dealkylation sites (N-methyl/N-ethyl adjacent to an activating group) is 1. The van der Waals surface area contributed by atoms with Crippen molar-refractivity contribution >= 4 is 29.8 Å². The van der Waals surface area contributed by atoms with Crippen LogP contribution in [0.3, 0.4) is 0 Å². The number of ether oxygens (including phenoxy) is 2. The van der Waals surface area contributed by atoms with Gasteiger partial charge in [-0.25, -0.2) is 9.78 Å². The highest BCUT2D eigenvalue weighted by molar-refractivity contribution is 5.97. The van der Waals surface area contributed by atoms with E-state index in [0.717, 1.165) is 11.1 Å². The fourth-order valence-electron chi connectivity index (χ4n) is 4.46. The summed E-state index contributed by atoms with van der Waals surface area (Å²) in [7, 11) is 3.26. The number of fused-ring (bicyclic) bond motifs is 1. The zero-order valence-electron chi connectivity index (χ0n) is 23.3. The molecule has 40 heavy (non-hydrogen) atoms. The van der Waals surface area contributed by atoms with Gasteiger partial charge in [0.05, 0.1) is 26.3 Å². The van der Waals surface area contributed by atoms with Gasteiger partial charge >= 0.3 is 6.03 Å². The maximum absolute atomic E-state index is 13.6. The summed E-state index contributed by atoms with van der Waals surface area (Å²) in [5.74, 6) is 0.432. The number of benzene rings is 2. The van der Waals surface area contributed by atoms with E-state index in [4.69, 9.17) is 9.47 Å². The molecule has 0 aliphatic carbocycles. The fraction of sp³-hybridized carbons (Fsp3) is 0.323. The zero-order valence-corrected chi connectivity index (χ0v) is 23.3. The van der Waals surface area contributed by atoms with Gasteiger partial charge in [-0.2, -0.15) is 0 Å². The van der Waals surface area contributed by atoms with Gasteiger partial charge in [-0.15, -0.1) is 0 Å². The van der Waals surface area contributed by atoms with Crippen LogP contribution >= 0.6 is 0 Å². The minimum absolute atomic E-state index is 0.155. The van der Waals surface area contributed by atoms with Crippen molar-refractivity contribution in [2.75, 3.05) is 39.2 Å². The van der Waals surface area contributed by atoms with Crippen LogP contribution in [-0.4, -0.2) is 77.8 Å². The summed E-state index contributed by atoms with van der Waals surface area (Å²) in [5.41, 5.74) is 2.70. The Bertz CT molecular complexity index is 1350. The number of methoxy groups -OCH3 is 1. The number of pyridine rings is 1. The lowest BCUT2D eigenvalue weighted by Gasteiger charge is -2.37. The number of aromatic nitrogens is 1. The lowest BCUT2D eigenvalue weighted by Crippen LogP contribution is -2.50. The van der Waals surface area contributed by atoms with Gasteiger partial charge in [-0.1, -0.05) is 55.5 Å². The van der Waals surface area contributed by atoms with Crippen molar-refractivity contribution in [3.8, 4) is 11.6 Å². The predicted molar refractivity (Wildman–Crippen MR) is 155 cm³/mol. The van der Waals surface area contributed by atoms with Crippen LogP contribution in [0.1, 0.15) is 35.3 Å². The summed E-state index contributed by atoms with van der Waals surface area (Å²) in [5, 5.41) is 12.8. The van der Waals surface area contributed by atoms with Crippen molar-refractivity contribution in [2.24, 2.45) is 5.92 Å². The molecule has 2 heterocycles. The third-order valence-electron chi connectivity index (χ3n) is 6.93. The Balaban J connectivity index is 1.58. The van der Waals surface area contributed by atoms with Crippen molar-refractivity contribution in [3.05, 3.63) is 83.6 Å². The lowest BCUT2D eigenvalue weighted by atomic mass is 10.00. The van der Waals surface area contributed by atoms with Gasteiger partial charge < -0.3 is 29.7 Å². The molecule has 210 valence electrons. The molecule has 3 amide bonds. The molecule has 2 N–H and O–H groups in total. The Labute approximate surface area is 235 Å². The van der Waals surface area contributed by atoms with Crippen LogP contribution in [-0.2, 0) is 0 Å². The highest BCUT2D eigenvalue weighted by Gasteiger charge is 2.34. The number of amides is 3. The zero-order chi connectivity index (χ0) is 28.6. The van der Waals surface area contributed by atoms with Crippen molar-refractivity contribution in [3.63, 3.8) is 0 Å². The van der Waals surface area contributed by atoms with E-state index in [9.17, 15) is 14.7 Å².